The maximum atomic E-state index is 12.8. The normalized spacial score (nSPS) is 22.5. The first-order chi connectivity index (χ1) is 10.8. The van der Waals surface area contributed by atoms with Crippen molar-refractivity contribution < 1.29 is 4.79 Å². The molecule has 0 saturated carbocycles. The molecule has 0 bridgehead atoms. The molecule has 2 rings (SSSR count). The largest absolute Gasteiger partial charge is 0.341 e. The minimum Gasteiger partial charge on any atom is -0.341 e. The van der Waals surface area contributed by atoms with Crippen molar-refractivity contribution in [3.05, 3.63) is 22.9 Å². The van der Waals surface area contributed by atoms with Crippen LogP contribution in [0.25, 0.3) is 0 Å². The first kappa shape index (κ1) is 17.8. The SMILES string of the molecule is Cc1cc(C)c(C#N)c(SC(C)C(=O)N2CC(C)CC(C)C2)n1. The van der Waals surface area contributed by atoms with Gasteiger partial charge in [0.15, 0.2) is 0 Å². The monoisotopic (exact) mass is 331 g/mol. The average Bonchev–Trinajstić information content (AvgIpc) is 2.45. The number of aromatic nitrogens is 1. The predicted octanol–water partition coefficient (Wildman–Crippen LogP) is 3.56. The van der Waals surface area contributed by atoms with Crippen molar-refractivity contribution in [3.8, 4) is 6.07 Å². The number of piperidine rings is 1. The van der Waals surface area contributed by atoms with Crippen LogP contribution in [0.4, 0.5) is 0 Å². The molecule has 0 aromatic carbocycles. The van der Waals surface area contributed by atoms with Gasteiger partial charge in [0.1, 0.15) is 11.1 Å². The van der Waals surface area contributed by atoms with Crippen molar-refractivity contribution in [1.29, 1.82) is 5.26 Å². The van der Waals surface area contributed by atoms with E-state index in [9.17, 15) is 10.1 Å². The fraction of sp³-hybridized carbons (Fsp3) is 0.611. The number of hydrogen-bond donors (Lipinski definition) is 0. The zero-order chi connectivity index (χ0) is 17.1. The molecular weight excluding hydrogens is 306 g/mol. The van der Waals surface area contributed by atoms with Gasteiger partial charge in [-0.2, -0.15) is 5.26 Å². The number of carbonyl (C=O) groups is 1. The number of hydrogen-bond acceptors (Lipinski definition) is 4. The molecule has 1 saturated heterocycles. The minimum atomic E-state index is -0.228. The van der Waals surface area contributed by atoms with Gasteiger partial charge in [-0.15, -0.1) is 0 Å². The Bertz CT molecular complexity index is 628. The zero-order valence-electron chi connectivity index (χ0n) is 14.6. The Hall–Kier alpha value is -1.54. The number of nitrogens with zero attached hydrogens (tertiary/aromatic N) is 3. The van der Waals surface area contributed by atoms with Crippen LogP contribution in [0.3, 0.4) is 0 Å². The molecule has 4 nitrogen and oxygen atoms in total. The highest BCUT2D eigenvalue weighted by Gasteiger charge is 2.29. The molecule has 1 aliphatic rings. The molecule has 0 N–H and O–H groups in total. The molecule has 0 spiro atoms. The van der Waals surface area contributed by atoms with Gasteiger partial charge < -0.3 is 4.90 Å². The van der Waals surface area contributed by atoms with E-state index in [0.29, 0.717) is 22.4 Å². The number of nitriles is 1. The van der Waals surface area contributed by atoms with E-state index in [1.165, 1.54) is 18.2 Å². The van der Waals surface area contributed by atoms with Crippen LogP contribution in [-0.2, 0) is 4.79 Å². The molecule has 2 heterocycles. The number of thioether (sulfide) groups is 1. The maximum absolute atomic E-state index is 12.8. The van der Waals surface area contributed by atoms with E-state index in [1.54, 1.807) is 0 Å². The molecule has 23 heavy (non-hydrogen) atoms. The van der Waals surface area contributed by atoms with Crippen LogP contribution in [0, 0.1) is 37.0 Å². The van der Waals surface area contributed by atoms with Crippen LogP contribution in [0.2, 0.25) is 0 Å². The molecule has 0 aliphatic carbocycles. The summed E-state index contributed by atoms with van der Waals surface area (Å²) in [6.45, 7) is 11.8. The highest BCUT2D eigenvalue weighted by atomic mass is 32.2. The second kappa shape index (κ2) is 7.35. The summed E-state index contributed by atoms with van der Waals surface area (Å²) in [5, 5.41) is 9.80. The Morgan fingerprint density at radius 3 is 2.57 bits per heavy atom. The van der Waals surface area contributed by atoms with Crippen molar-refractivity contribution in [3.63, 3.8) is 0 Å². The third kappa shape index (κ3) is 4.26. The molecule has 0 radical (unpaired) electrons. The summed E-state index contributed by atoms with van der Waals surface area (Å²) in [6, 6.07) is 4.13. The lowest BCUT2D eigenvalue weighted by Gasteiger charge is -2.36. The molecule has 5 heteroatoms. The highest BCUT2D eigenvalue weighted by Crippen LogP contribution is 2.30. The Morgan fingerprint density at radius 2 is 2.00 bits per heavy atom. The summed E-state index contributed by atoms with van der Waals surface area (Å²) >= 11 is 1.40. The molecule has 124 valence electrons. The van der Waals surface area contributed by atoms with Crippen LogP contribution in [0.1, 0.15) is 44.0 Å². The van der Waals surface area contributed by atoms with Gasteiger partial charge in [-0.1, -0.05) is 25.6 Å². The molecule has 3 unspecified atom stereocenters. The Labute approximate surface area is 143 Å². The summed E-state index contributed by atoms with van der Waals surface area (Å²) in [6.07, 6.45) is 1.18. The van der Waals surface area contributed by atoms with Gasteiger partial charge in [0.2, 0.25) is 5.91 Å². The third-order valence-corrected chi connectivity index (χ3v) is 5.31. The molecular formula is C18H25N3OS. The lowest BCUT2D eigenvalue weighted by molar-refractivity contribution is -0.132. The predicted molar refractivity (Wildman–Crippen MR) is 93.3 cm³/mol. The number of likely N-dealkylation sites (tertiary alicyclic amines) is 1. The third-order valence-electron chi connectivity index (χ3n) is 4.24. The second-order valence-corrected chi connectivity index (χ2v) is 8.15. The summed E-state index contributed by atoms with van der Waals surface area (Å²) in [7, 11) is 0. The molecule has 1 aliphatic heterocycles. The number of aryl methyl sites for hydroxylation is 2. The highest BCUT2D eigenvalue weighted by molar-refractivity contribution is 8.00. The lowest BCUT2D eigenvalue weighted by atomic mass is 9.92. The molecule has 1 aromatic rings. The smallest absolute Gasteiger partial charge is 0.235 e. The number of amides is 1. The number of pyridine rings is 1. The topological polar surface area (TPSA) is 57.0 Å². The van der Waals surface area contributed by atoms with E-state index in [4.69, 9.17) is 0 Å². The van der Waals surface area contributed by atoms with Crippen molar-refractivity contribution in [2.75, 3.05) is 13.1 Å². The van der Waals surface area contributed by atoms with Crippen molar-refractivity contribution in [1.82, 2.24) is 9.88 Å². The Morgan fingerprint density at radius 1 is 1.39 bits per heavy atom. The van der Waals surface area contributed by atoms with Crippen molar-refractivity contribution in [2.45, 2.75) is 51.3 Å². The second-order valence-electron chi connectivity index (χ2n) is 6.82. The lowest BCUT2D eigenvalue weighted by Crippen LogP contribution is -2.45. The van der Waals surface area contributed by atoms with Crippen LogP contribution in [-0.4, -0.2) is 34.1 Å². The van der Waals surface area contributed by atoms with Gasteiger partial charge in [0.05, 0.1) is 10.8 Å². The number of rotatable bonds is 3. The van der Waals surface area contributed by atoms with Gasteiger partial charge in [-0.3, -0.25) is 4.79 Å². The fourth-order valence-corrected chi connectivity index (χ4v) is 4.45. The van der Waals surface area contributed by atoms with Gasteiger partial charge in [0, 0.05) is 18.8 Å². The van der Waals surface area contributed by atoms with Crippen LogP contribution < -0.4 is 0 Å². The van der Waals surface area contributed by atoms with E-state index in [1.807, 2.05) is 31.7 Å². The first-order valence-electron chi connectivity index (χ1n) is 8.15. The van der Waals surface area contributed by atoms with Crippen LogP contribution >= 0.6 is 11.8 Å². The molecule has 1 amide bonds. The molecule has 3 atom stereocenters. The quantitative estimate of drug-likeness (QED) is 0.795. The standard InChI is InChI=1S/C18H25N3OS/c1-11-6-12(2)10-21(9-11)18(22)15(5)23-17-16(8-19)13(3)7-14(4)20-17/h7,11-12,15H,6,9-10H2,1-5H3. The zero-order valence-corrected chi connectivity index (χ0v) is 15.4. The molecule has 1 fully saturated rings. The summed E-state index contributed by atoms with van der Waals surface area (Å²) in [5.41, 5.74) is 2.38. The minimum absolute atomic E-state index is 0.151. The van der Waals surface area contributed by atoms with E-state index < -0.39 is 0 Å². The Kier molecular flexibility index (Phi) is 5.69. The Balaban J connectivity index is 2.14. The van der Waals surface area contributed by atoms with Crippen LogP contribution in [0.5, 0.6) is 0 Å². The van der Waals surface area contributed by atoms with E-state index >= 15 is 0 Å². The molecule has 1 aromatic heterocycles. The van der Waals surface area contributed by atoms with Gasteiger partial charge in [-0.05, 0) is 50.7 Å². The maximum Gasteiger partial charge on any atom is 0.235 e. The van der Waals surface area contributed by atoms with Crippen molar-refractivity contribution >= 4 is 17.7 Å². The van der Waals surface area contributed by atoms with Gasteiger partial charge in [0.25, 0.3) is 0 Å². The van der Waals surface area contributed by atoms with Crippen molar-refractivity contribution in [2.24, 2.45) is 11.8 Å². The average molecular weight is 331 g/mol. The summed E-state index contributed by atoms with van der Waals surface area (Å²) in [5.74, 6) is 1.25. The number of carbonyl (C=O) groups excluding carboxylic acids is 1. The van der Waals surface area contributed by atoms with E-state index in [-0.39, 0.29) is 11.2 Å². The fourth-order valence-electron chi connectivity index (χ4n) is 3.34. The van der Waals surface area contributed by atoms with Crippen LogP contribution in [0.15, 0.2) is 11.1 Å². The van der Waals surface area contributed by atoms with E-state index in [0.717, 1.165) is 24.3 Å². The summed E-state index contributed by atoms with van der Waals surface area (Å²) < 4.78 is 0. The first-order valence-corrected chi connectivity index (χ1v) is 9.03. The van der Waals surface area contributed by atoms with Gasteiger partial charge in [-0.25, -0.2) is 4.98 Å². The summed E-state index contributed by atoms with van der Waals surface area (Å²) in [4.78, 5) is 19.2. The van der Waals surface area contributed by atoms with E-state index in [2.05, 4.69) is 24.9 Å². The van der Waals surface area contributed by atoms with Gasteiger partial charge >= 0.3 is 0 Å².